The van der Waals surface area contributed by atoms with Crippen molar-refractivity contribution >= 4 is 23.6 Å². The van der Waals surface area contributed by atoms with E-state index < -0.39 is 29.7 Å². The van der Waals surface area contributed by atoms with E-state index in [0.717, 1.165) is 5.56 Å². The normalized spacial score (nSPS) is 18.6. The molecule has 2 rings (SSSR count). The molecule has 1 aliphatic heterocycles. The van der Waals surface area contributed by atoms with Gasteiger partial charge in [-0.3, -0.25) is 14.4 Å². The number of alkyl carbamates (subject to hydrolysis) is 1. The van der Waals surface area contributed by atoms with E-state index in [0.29, 0.717) is 25.9 Å². The molecule has 2 N–H and O–H groups in total. The fourth-order valence-electron chi connectivity index (χ4n) is 3.25. The van der Waals surface area contributed by atoms with Crippen LogP contribution in [0.25, 0.3) is 0 Å². The average Bonchev–Trinajstić information content (AvgIpc) is 2.79. The van der Waals surface area contributed by atoms with Gasteiger partial charge >= 0.3 is 6.09 Å². The van der Waals surface area contributed by atoms with Crippen LogP contribution < -0.4 is 10.6 Å². The lowest BCUT2D eigenvalue weighted by molar-refractivity contribution is -0.141. The Labute approximate surface area is 176 Å². The summed E-state index contributed by atoms with van der Waals surface area (Å²) in [5.74, 6) is -2.24. The van der Waals surface area contributed by atoms with Gasteiger partial charge in [-0.1, -0.05) is 44.2 Å². The average molecular weight is 418 g/mol. The maximum Gasteiger partial charge on any atom is 0.408 e. The van der Waals surface area contributed by atoms with Gasteiger partial charge in [-0.25, -0.2) is 4.79 Å². The Hall–Kier alpha value is -2.74. The van der Waals surface area contributed by atoms with Crippen LogP contribution in [0.3, 0.4) is 0 Å². The Morgan fingerprint density at radius 3 is 2.67 bits per heavy atom. The smallest absolute Gasteiger partial charge is 0.408 e. The molecule has 0 aliphatic carbocycles. The fraction of sp³-hybridized carbons (Fsp3) is 0.545. The van der Waals surface area contributed by atoms with Crippen LogP contribution in [0.4, 0.5) is 4.79 Å². The first-order chi connectivity index (χ1) is 14.4. The minimum Gasteiger partial charge on any atom is -0.445 e. The molecule has 0 spiro atoms. The molecule has 1 aromatic rings. The van der Waals surface area contributed by atoms with Crippen molar-refractivity contribution in [3.8, 4) is 0 Å². The number of carbonyl (C=O) groups excluding carboxylic acids is 4. The van der Waals surface area contributed by atoms with E-state index in [1.54, 1.807) is 0 Å². The lowest BCUT2D eigenvalue weighted by Gasteiger charge is -2.21. The summed E-state index contributed by atoms with van der Waals surface area (Å²) in [6.07, 6.45) is 0.563. The minimum atomic E-state index is -0.784. The van der Waals surface area contributed by atoms with Gasteiger partial charge in [-0.05, 0) is 30.7 Å². The first kappa shape index (κ1) is 23.5. The van der Waals surface area contributed by atoms with E-state index in [-0.39, 0.29) is 31.5 Å². The molecule has 0 aromatic heterocycles. The quantitative estimate of drug-likeness (QED) is 0.627. The third-order valence-corrected chi connectivity index (χ3v) is 4.82. The molecule has 8 heteroatoms. The van der Waals surface area contributed by atoms with E-state index >= 15 is 0 Å². The molecule has 1 saturated heterocycles. The van der Waals surface area contributed by atoms with Gasteiger partial charge in [0.25, 0.3) is 5.91 Å². The van der Waals surface area contributed by atoms with Crippen molar-refractivity contribution in [1.82, 2.24) is 10.6 Å². The van der Waals surface area contributed by atoms with Gasteiger partial charge < -0.3 is 20.1 Å². The van der Waals surface area contributed by atoms with Crippen LogP contribution in [0.15, 0.2) is 30.3 Å². The number of rotatable bonds is 8. The van der Waals surface area contributed by atoms with Crippen molar-refractivity contribution < 1.29 is 28.7 Å². The second kappa shape index (κ2) is 12.1. The summed E-state index contributed by atoms with van der Waals surface area (Å²) < 4.78 is 10.4. The lowest BCUT2D eigenvalue weighted by Crippen LogP contribution is -2.44. The molecule has 2 atom stereocenters. The number of hydrogen-bond donors (Lipinski definition) is 2. The predicted octanol–water partition coefficient (Wildman–Crippen LogP) is 2.36. The molecular formula is C22H30N2O6. The van der Waals surface area contributed by atoms with Crippen molar-refractivity contribution in [2.24, 2.45) is 11.8 Å². The monoisotopic (exact) mass is 418 g/mol. The van der Waals surface area contributed by atoms with Crippen LogP contribution in [-0.4, -0.2) is 42.9 Å². The second-order valence-corrected chi connectivity index (χ2v) is 7.82. The number of ketones is 2. The summed E-state index contributed by atoms with van der Waals surface area (Å²) in [6.45, 7) is 4.35. The van der Waals surface area contributed by atoms with E-state index in [4.69, 9.17) is 9.47 Å². The lowest BCUT2D eigenvalue weighted by atomic mass is 9.88. The number of Topliss-reactive ketones (excluding diaryl/α,β-unsaturated/α-hetero) is 2. The Kier molecular flexibility index (Phi) is 9.47. The van der Waals surface area contributed by atoms with Crippen LogP contribution in [0, 0.1) is 11.8 Å². The first-order valence-corrected chi connectivity index (χ1v) is 10.3. The Morgan fingerprint density at radius 1 is 1.23 bits per heavy atom. The van der Waals surface area contributed by atoms with Crippen LogP contribution in [0.5, 0.6) is 0 Å². The standard InChI is InChI=1S/C22H30N2O6/c1-15(2)11-18(24-22(28)30-13-16-7-4-3-5-8-16)19(25)12-17-9-6-10-29-14-23-21(27)20(17)26/h3-5,7-8,15,17-18H,6,9-14H2,1-2H3,(H,23,27)(H,24,28). The van der Waals surface area contributed by atoms with Gasteiger partial charge in [-0.15, -0.1) is 0 Å². The van der Waals surface area contributed by atoms with Gasteiger partial charge in [0.05, 0.1) is 6.04 Å². The van der Waals surface area contributed by atoms with Gasteiger partial charge in [0, 0.05) is 18.9 Å². The minimum absolute atomic E-state index is 0.0178. The van der Waals surface area contributed by atoms with Gasteiger partial charge in [0.15, 0.2) is 5.78 Å². The number of ether oxygens (including phenoxy) is 2. The van der Waals surface area contributed by atoms with E-state index in [2.05, 4.69) is 10.6 Å². The molecule has 0 saturated carbocycles. The molecule has 1 aromatic carbocycles. The molecule has 2 amide bonds. The van der Waals surface area contributed by atoms with Crippen LogP contribution >= 0.6 is 0 Å². The Balaban J connectivity index is 1.98. The summed E-state index contributed by atoms with van der Waals surface area (Å²) >= 11 is 0. The predicted molar refractivity (Wildman–Crippen MR) is 109 cm³/mol. The molecule has 2 unspecified atom stereocenters. The highest BCUT2D eigenvalue weighted by atomic mass is 16.5. The van der Waals surface area contributed by atoms with Crippen LogP contribution in [0.1, 0.15) is 45.1 Å². The fourth-order valence-corrected chi connectivity index (χ4v) is 3.25. The number of nitrogens with one attached hydrogen (secondary N) is 2. The van der Waals surface area contributed by atoms with E-state index in [1.807, 2.05) is 44.2 Å². The molecule has 1 fully saturated rings. The Morgan fingerprint density at radius 2 is 1.97 bits per heavy atom. The summed E-state index contributed by atoms with van der Waals surface area (Å²) in [5, 5.41) is 5.02. The van der Waals surface area contributed by atoms with Crippen LogP contribution in [-0.2, 0) is 30.5 Å². The number of carbonyl (C=O) groups is 4. The topological polar surface area (TPSA) is 111 Å². The zero-order valence-corrected chi connectivity index (χ0v) is 17.5. The van der Waals surface area contributed by atoms with Gasteiger partial charge in [0.1, 0.15) is 13.3 Å². The third-order valence-electron chi connectivity index (χ3n) is 4.82. The number of benzene rings is 1. The number of hydrogen-bond acceptors (Lipinski definition) is 6. The first-order valence-electron chi connectivity index (χ1n) is 10.3. The highest BCUT2D eigenvalue weighted by Gasteiger charge is 2.31. The summed E-state index contributed by atoms with van der Waals surface area (Å²) in [4.78, 5) is 49.4. The zero-order chi connectivity index (χ0) is 21.9. The Bertz CT molecular complexity index is 734. The molecule has 30 heavy (non-hydrogen) atoms. The molecule has 0 radical (unpaired) electrons. The maximum atomic E-state index is 12.9. The second-order valence-electron chi connectivity index (χ2n) is 7.82. The maximum absolute atomic E-state index is 12.9. The van der Waals surface area contributed by atoms with E-state index in [9.17, 15) is 19.2 Å². The summed E-state index contributed by atoms with van der Waals surface area (Å²) in [7, 11) is 0. The van der Waals surface area contributed by atoms with E-state index in [1.165, 1.54) is 0 Å². The zero-order valence-electron chi connectivity index (χ0n) is 17.5. The van der Waals surface area contributed by atoms with Crippen molar-refractivity contribution in [3.05, 3.63) is 35.9 Å². The summed E-state index contributed by atoms with van der Waals surface area (Å²) in [6, 6.07) is 8.44. The highest BCUT2D eigenvalue weighted by Crippen LogP contribution is 2.18. The SMILES string of the molecule is CC(C)CC(NC(=O)OCc1ccccc1)C(=O)CC1CCCOCNC(=O)C1=O. The van der Waals surface area contributed by atoms with Crippen molar-refractivity contribution in [1.29, 1.82) is 0 Å². The summed E-state index contributed by atoms with van der Waals surface area (Å²) in [5.41, 5.74) is 0.837. The van der Waals surface area contributed by atoms with Gasteiger partial charge in [-0.2, -0.15) is 0 Å². The molecule has 164 valence electrons. The number of amides is 2. The molecule has 8 nitrogen and oxygen atoms in total. The third kappa shape index (κ3) is 7.94. The molecule has 1 aliphatic rings. The van der Waals surface area contributed by atoms with Crippen molar-refractivity contribution in [2.45, 2.75) is 52.2 Å². The molecule has 0 bridgehead atoms. The largest absolute Gasteiger partial charge is 0.445 e. The molecule has 1 heterocycles. The van der Waals surface area contributed by atoms with Gasteiger partial charge in [0.2, 0.25) is 5.78 Å². The highest BCUT2D eigenvalue weighted by molar-refractivity contribution is 6.37. The van der Waals surface area contributed by atoms with Crippen molar-refractivity contribution in [3.63, 3.8) is 0 Å². The molecular weight excluding hydrogens is 388 g/mol. The van der Waals surface area contributed by atoms with Crippen molar-refractivity contribution in [2.75, 3.05) is 13.3 Å². The van der Waals surface area contributed by atoms with Crippen LogP contribution in [0.2, 0.25) is 0 Å².